The molecule has 0 bridgehead atoms. The molecule has 4 nitrogen and oxygen atoms in total. The summed E-state index contributed by atoms with van der Waals surface area (Å²) >= 11 is 0. The number of hydrogen-bond acceptors (Lipinski definition) is 4. The lowest BCUT2D eigenvalue weighted by molar-refractivity contribution is 0.356. The number of hydrogen-bond donors (Lipinski definition) is 1. The molecule has 2 N–H and O–H groups in total. The Balaban J connectivity index is 2.28. The molecule has 0 amide bonds. The number of rotatable bonds is 6. The summed E-state index contributed by atoms with van der Waals surface area (Å²) in [6.07, 6.45) is 0. The second-order valence-electron chi connectivity index (χ2n) is 5.08. The van der Waals surface area contributed by atoms with E-state index < -0.39 is 13.4 Å². The summed E-state index contributed by atoms with van der Waals surface area (Å²) in [4.78, 5) is 0. The van der Waals surface area contributed by atoms with Gasteiger partial charge in [0.1, 0.15) is 17.3 Å². The molecule has 0 aromatic heterocycles. The summed E-state index contributed by atoms with van der Waals surface area (Å²) in [6.45, 7) is 3.78. The van der Waals surface area contributed by atoms with E-state index in [2.05, 4.69) is 0 Å². The Morgan fingerprint density at radius 2 is 1.24 bits per heavy atom. The molecule has 1 unspecified atom stereocenters. The van der Waals surface area contributed by atoms with Gasteiger partial charge in [0.25, 0.3) is 0 Å². The average Bonchev–Trinajstić information content (AvgIpc) is 2.48. The van der Waals surface area contributed by atoms with E-state index in [1.807, 2.05) is 50.2 Å². The molecular formula is C16H20NO3P. The first kappa shape index (κ1) is 15.6. The summed E-state index contributed by atoms with van der Waals surface area (Å²) in [5, 5.41) is 0. The van der Waals surface area contributed by atoms with Crippen LogP contribution < -0.4 is 14.8 Å². The Morgan fingerprint density at radius 3 is 1.57 bits per heavy atom. The Kier molecular flexibility index (Phi) is 5.05. The van der Waals surface area contributed by atoms with Crippen LogP contribution in [0.25, 0.3) is 0 Å². The monoisotopic (exact) mass is 305 g/mol. The van der Waals surface area contributed by atoms with Crippen molar-refractivity contribution in [1.82, 2.24) is 0 Å². The summed E-state index contributed by atoms with van der Waals surface area (Å²) in [5.41, 5.74) is 6.08. The van der Waals surface area contributed by atoms with Crippen LogP contribution in [0.3, 0.4) is 0 Å². The van der Waals surface area contributed by atoms with Crippen LogP contribution in [0, 0.1) is 5.92 Å². The van der Waals surface area contributed by atoms with E-state index in [-0.39, 0.29) is 5.92 Å². The molecule has 0 aliphatic heterocycles. The van der Waals surface area contributed by atoms with E-state index in [0.717, 1.165) is 0 Å². The first-order valence-electron chi connectivity index (χ1n) is 6.86. The van der Waals surface area contributed by atoms with Crippen molar-refractivity contribution in [2.75, 3.05) is 0 Å². The summed E-state index contributed by atoms with van der Waals surface area (Å²) < 4.78 is 24.4. The lowest BCUT2D eigenvalue weighted by atomic mass is 10.2. The molecule has 0 saturated heterocycles. The normalized spacial score (nSPS) is 13.0. The third-order valence-electron chi connectivity index (χ3n) is 3.00. The van der Waals surface area contributed by atoms with Gasteiger partial charge in [-0.05, 0) is 30.2 Å². The zero-order chi connectivity index (χ0) is 15.3. The molecular weight excluding hydrogens is 285 g/mol. The highest BCUT2D eigenvalue weighted by atomic mass is 31.2. The molecule has 5 heteroatoms. The highest BCUT2D eigenvalue weighted by Gasteiger charge is 2.38. The predicted octanol–water partition coefficient (Wildman–Crippen LogP) is 4.28. The van der Waals surface area contributed by atoms with Gasteiger partial charge < -0.3 is 14.8 Å². The lowest BCUT2D eigenvalue weighted by Crippen LogP contribution is -2.30. The quantitative estimate of drug-likeness (QED) is 0.809. The van der Waals surface area contributed by atoms with Crippen LogP contribution in [0.15, 0.2) is 60.7 Å². The van der Waals surface area contributed by atoms with Gasteiger partial charge in [0.15, 0.2) is 0 Å². The molecule has 0 radical (unpaired) electrons. The maximum atomic E-state index is 13.1. The fourth-order valence-corrected chi connectivity index (χ4v) is 3.60. The molecule has 0 aliphatic rings. The maximum Gasteiger partial charge on any atom is 0.447 e. The van der Waals surface area contributed by atoms with Gasteiger partial charge in [0, 0.05) is 0 Å². The molecule has 112 valence electrons. The van der Waals surface area contributed by atoms with Crippen LogP contribution in [0.4, 0.5) is 0 Å². The molecule has 2 rings (SSSR count). The number of nitrogens with two attached hydrogens (primary N) is 1. The van der Waals surface area contributed by atoms with Crippen molar-refractivity contribution in [1.29, 1.82) is 0 Å². The Labute approximate surface area is 125 Å². The molecule has 0 heterocycles. The highest BCUT2D eigenvalue weighted by molar-refractivity contribution is 7.55. The fourth-order valence-electron chi connectivity index (χ4n) is 1.76. The van der Waals surface area contributed by atoms with Gasteiger partial charge in [0.2, 0.25) is 0 Å². The Bertz CT molecular complexity index is 556. The minimum Gasteiger partial charge on any atom is -0.415 e. The van der Waals surface area contributed by atoms with Gasteiger partial charge in [0.05, 0.1) is 0 Å². The molecule has 0 aliphatic carbocycles. The molecule has 2 aromatic carbocycles. The first-order chi connectivity index (χ1) is 10.0. The summed E-state index contributed by atoms with van der Waals surface area (Å²) in [6, 6.07) is 17.9. The van der Waals surface area contributed by atoms with Gasteiger partial charge >= 0.3 is 7.60 Å². The summed E-state index contributed by atoms with van der Waals surface area (Å²) in [7, 11) is -3.53. The first-order valence-corrected chi connectivity index (χ1v) is 8.47. The van der Waals surface area contributed by atoms with Crippen molar-refractivity contribution in [3.05, 3.63) is 60.7 Å². The van der Waals surface area contributed by atoms with Crippen molar-refractivity contribution in [2.24, 2.45) is 11.7 Å². The molecule has 0 saturated carbocycles. The van der Waals surface area contributed by atoms with Crippen LogP contribution in [0.5, 0.6) is 11.5 Å². The largest absolute Gasteiger partial charge is 0.447 e. The molecule has 0 fully saturated rings. The van der Waals surface area contributed by atoms with Crippen molar-refractivity contribution in [3.8, 4) is 11.5 Å². The SMILES string of the molecule is CC(C)C(N)P(=O)(Oc1ccccc1)Oc1ccccc1. The summed E-state index contributed by atoms with van der Waals surface area (Å²) in [5.74, 6) is 0.210. The number of para-hydroxylation sites is 2. The van der Waals surface area contributed by atoms with Crippen LogP contribution >= 0.6 is 7.60 Å². The predicted molar refractivity (Wildman–Crippen MR) is 84.6 cm³/mol. The topological polar surface area (TPSA) is 61.6 Å². The van der Waals surface area contributed by atoms with Crippen molar-refractivity contribution < 1.29 is 13.6 Å². The van der Waals surface area contributed by atoms with E-state index in [9.17, 15) is 4.57 Å². The average molecular weight is 305 g/mol. The lowest BCUT2D eigenvalue weighted by Gasteiger charge is -2.27. The zero-order valence-corrected chi connectivity index (χ0v) is 13.1. The fraction of sp³-hybridized carbons (Fsp3) is 0.250. The van der Waals surface area contributed by atoms with Crippen molar-refractivity contribution in [3.63, 3.8) is 0 Å². The molecule has 21 heavy (non-hydrogen) atoms. The van der Waals surface area contributed by atoms with Crippen molar-refractivity contribution >= 4 is 7.60 Å². The van der Waals surface area contributed by atoms with Gasteiger partial charge in [-0.1, -0.05) is 50.2 Å². The van der Waals surface area contributed by atoms with Crippen LogP contribution in [-0.4, -0.2) is 5.78 Å². The van der Waals surface area contributed by atoms with E-state index >= 15 is 0 Å². The van der Waals surface area contributed by atoms with E-state index in [1.54, 1.807) is 24.3 Å². The van der Waals surface area contributed by atoms with E-state index in [4.69, 9.17) is 14.8 Å². The third kappa shape index (κ3) is 4.10. The second kappa shape index (κ2) is 6.79. The third-order valence-corrected chi connectivity index (χ3v) is 5.26. The molecule has 2 aromatic rings. The van der Waals surface area contributed by atoms with Crippen LogP contribution in [-0.2, 0) is 4.57 Å². The van der Waals surface area contributed by atoms with Crippen molar-refractivity contribution in [2.45, 2.75) is 19.6 Å². The minimum absolute atomic E-state index is 0.0387. The van der Waals surface area contributed by atoms with Gasteiger partial charge in [-0.3, -0.25) is 0 Å². The molecule has 0 spiro atoms. The van der Waals surface area contributed by atoms with Crippen LogP contribution in [0.1, 0.15) is 13.8 Å². The second-order valence-corrected chi connectivity index (χ2v) is 7.12. The van der Waals surface area contributed by atoms with Gasteiger partial charge in [-0.25, -0.2) is 4.57 Å². The maximum absolute atomic E-state index is 13.1. The minimum atomic E-state index is -3.53. The van der Waals surface area contributed by atoms with Crippen LogP contribution in [0.2, 0.25) is 0 Å². The smallest absolute Gasteiger partial charge is 0.415 e. The van der Waals surface area contributed by atoms with E-state index in [1.165, 1.54) is 0 Å². The Morgan fingerprint density at radius 1 is 0.857 bits per heavy atom. The van der Waals surface area contributed by atoms with Gasteiger partial charge in [-0.2, -0.15) is 0 Å². The Hall–Kier alpha value is -1.77. The number of benzene rings is 2. The highest BCUT2D eigenvalue weighted by Crippen LogP contribution is 2.52. The van der Waals surface area contributed by atoms with E-state index in [0.29, 0.717) is 11.5 Å². The molecule has 1 atom stereocenters. The zero-order valence-electron chi connectivity index (χ0n) is 12.2. The van der Waals surface area contributed by atoms with Gasteiger partial charge in [-0.15, -0.1) is 0 Å². The standard InChI is InChI=1S/C16H20NO3P/c1-13(2)16(17)21(18,19-14-9-5-3-6-10-14)20-15-11-7-4-8-12-15/h3-13,16H,17H2,1-2H3.